The van der Waals surface area contributed by atoms with E-state index in [0.717, 1.165) is 18.4 Å². The number of Topliss-reactive ketones (excluding diaryl/α,β-unsaturated/α-hetero) is 1. The van der Waals surface area contributed by atoms with Crippen molar-refractivity contribution in [1.82, 2.24) is 9.80 Å². The molecular weight excluding hydrogens is 498 g/mol. The molecule has 39 heavy (non-hydrogen) atoms. The topological polar surface area (TPSA) is 99.3 Å². The van der Waals surface area contributed by atoms with E-state index in [4.69, 9.17) is 4.74 Å². The van der Waals surface area contributed by atoms with Crippen molar-refractivity contribution in [3.63, 3.8) is 0 Å². The van der Waals surface area contributed by atoms with Gasteiger partial charge in [0.25, 0.3) is 0 Å². The number of rotatable bonds is 4. The van der Waals surface area contributed by atoms with Gasteiger partial charge in [-0.1, -0.05) is 41.5 Å². The monoisotopic (exact) mass is 543 g/mol. The average Bonchev–Trinajstić information content (AvgIpc) is 2.80. The van der Waals surface area contributed by atoms with Crippen LogP contribution in [0.5, 0.6) is 5.75 Å². The van der Waals surface area contributed by atoms with Crippen molar-refractivity contribution in [3.8, 4) is 5.75 Å². The van der Waals surface area contributed by atoms with E-state index in [2.05, 4.69) is 15.9 Å². The second kappa shape index (κ2) is 11.1. The Morgan fingerprint density at radius 1 is 0.872 bits per heavy atom. The van der Waals surface area contributed by atoms with E-state index in [-0.39, 0.29) is 41.7 Å². The number of amides is 2. The molecule has 1 aromatic rings. The fraction of sp³-hybridized carbons (Fsp3) is 0.700. The first-order chi connectivity index (χ1) is 17.8. The summed E-state index contributed by atoms with van der Waals surface area (Å²) < 4.78 is 5.51. The first kappa shape index (κ1) is 30.9. The van der Waals surface area contributed by atoms with Gasteiger partial charge < -0.3 is 19.4 Å². The molecular formula is C30H45N3O6. The van der Waals surface area contributed by atoms with Gasteiger partial charge >= 0.3 is 6.09 Å². The van der Waals surface area contributed by atoms with Crippen molar-refractivity contribution in [2.75, 3.05) is 37.6 Å². The van der Waals surface area contributed by atoms with Crippen LogP contribution in [0, 0.1) is 6.07 Å². The Balaban J connectivity index is 1.89. The van der Waals surface area contributed by atoms with Crippen molar-refractivity contribution in [1.29, 1.82) is 0 Å². The van der Waals surface area contributed by atoms with Gasteiger partial charge in [-0.3, -0.25) is 14.5 Å². The summed E-state index contributed by atoms with van der Waals surface area (Å²) >= 11 is 0. The summed E-state index contributed by atoms with van der Waals surface area (Å²) in [4.78, 5) is 49.1. The number of piperidine rings is 1. The van der Waals surface area contributed by atoms with E-state index in [1.807, 2.05) is 62.3 Å². The van der Waals surface area contributed by atoms with E-state index < -0.39 is 16.4 Å². The van der Waals surface area contributed by atoms with Crippen molar-refractivity contribution in [2.24, 2.45) is 0 Å². The Labute approximate surface area is 233 Å². The summed E-state index contributed by atoms with van der Waals surface area (Å²) in [5.74, 6) is -0.379. The highest BCUT2D eigenvalue weighted by Crippen LogP contribution is 2.47. The van der Waals surface area contributed by atoms with Crippen LogP contribution in [0.3, 0.4) is 0 Å². The minimum absolute atomic E-state index is 0.00390. The zero-order chi connectivity index (χ0) is 29.5. The molecule has 1 aromatic carbocycles. The quantitative estimate of drug-likeness (QED) is 0.299. The van der Waals surface area contributed by atoms with Crippen LogP contribution in [-0.2, 0) is 25.6 Å². The normalized spacial score (nSPS) is 18.4. The van der Waals surface area contributed by atoms with Crippen LogP contribution in [0.25, 0.3) is 0 Å². The Morgan fingerprint density at radius 3 is 1.87 bits per heavy atom. The van der Waals surface area contributed by atoms with Gasteiger partial charge in [-0.25, -0.2) is 4.79 Å². The number of hydrogen-bond acceptors (Lipinski definition) is 6. The molecule has 3 rings (SSSR count). The standard InChI is InChI=1S/C30H45N3O6/c1-19(34)21-17-22(39-37)24(28(2,3)4)25(29(5,6)7)26(21)33-16-15-32(18-23(33)35)20-11-13-31(14-12-20)27(36)38-30(8,9)10/h20H,11-16,18H2,1-10H3. The van der Waals surface area contributed by atoms with E-state index in [1.54, 1.807) is 9.80 Å². The number of ketones is 1. The Bertz CT molecular complexity index is 1100. The summed E-state index contributed by atoms with van der Waals surface area (Å²) in [6.07, 6.45) is 1.22. The predicted octanol–water partition coefficient (Wildman–Crippen LogP) is 5.06. The number of nitrogens with zero attached hydrogens (tertiary/aromatic N) is 3. The van der Waals surface area contributed by atoms with Gasteiger partial charge in [0.1, 0.15) is 5.60 Å². The zero-order valence-electron chi connectivity index (χ0n) is 25.3. The van der Waals surface area contributed by atoms with E-state index in [1.165, 1.54) is 6.92 Å². The number of hydrogen-bond donors (Lipinski definition) is 0. The number of carbonyl (C=O) groups excluding carboxylic acids is 3. The summed E-state index contributed by atoms with van der Waals surface area (Å²) in [5.41, 5.74) is 0.638. The van der Waals surface area contributed by atoms with E-state index >= 15 is 0 Å². The van der Waals surface area contributed by atoms with Crippen LogP contribution < -0.4 is 9.79 Å². The summed E-state index contributed by atoms with van der Waals surface area (Å²) in [6, 6.07) is 3.11. The number of likely N-dealkylation sites (tertiary alicyclic amines) is 1. The molecule has 0 aliphatic carbocycles. The molecule has 0 saturated carbocycles. The SMILES string of the molecule is CC(=O)c1[c]c(O[O])c(C(C)(C)C)c(C(C)(C)C)c1N1CCN(C2CCN(C(=O)OC(C)(C)C)CC2)CC1=O. The van der Waals surface area contributed by atoms with Crippen molar-refractivity contribution < 1.29 is 29.3 Å². The maximum atomic E-state index is 13.7. The molecule has 0 bridgehead atoms. The molecule has 2 aliphatic heterocycles. The minimum Gasteiger partial charge on any atom is -0.444 e. The number of anilines is 1. The van der Waals surface area contributed by atoms with Crippen LogP contribution in [0.2, 0.25) is 0 Å². The number of ether oxygens (including phenoxy) is 1. The van der Waals surface area contributed by atoms with Crippen LogP contribution in [0.4, 0.5) is 10.5 Å². The number of benzene rings is 1. The molecule has 2 fully saturated rings. The minimum atomic E-state index is -0.538. The van der Waals surface area contributed by atoms with Crippen molar-refractivity contribution in [2.45, 2.75) is 105 Å². The van der Waals surface area contributed by atoms with Crippen molar-refractivity contribution in [3.05, 3.63) is 22.8 Å². The maximum absolute atomic E-state index is 13.7. The van der Waals surface area contributed by atoms with Crippen LogP contribution in [0.15, 0.2) is 0 Å². The molecule has 2 radical (unpaired) electrons. The van der Waals surface area contributed by atoms with Gasteiger partial charge in [-0.15, -0.1) is 0 Å². The average molecular weight is 544 g/mol. The smallest absolute Gasteiger partial charge is 0.410 e. The lowest BCUT2D eigenvalue weighted by Crippen LogP contribution is -2.57. The third-order valence-electron chi connectivity index (χ3n) is 7.28. The highest BCUT2D eigenvalue weighted by molar-refractivity contribution is 6.07. The third-order valence-corrected chi connectivity index (χ3v) is 7.28. The second-order valence-electron chi connectivity index (χ2n) is 13.8. The predicted molar refractivity (Wildman–Crippen MR) is 149 cm³/mol. The molecule has 0 N–H and O–H groups in total. The molecule has 2 aliphatic rings. The fourth-order valence-corrected chi connectivity index (χ4v) is 5.60. The number of piperazine rings is 1. The molecule has 9 heteroatoms. The second-order valence-corrected chi connectivity index (χ2v) is 13.8. The van der Waals surface area contributed by atoms with E-state index in [0.29, 0.717) is 37.4 Å². The van der Waals surface area contributed by atoms with Crippen LogP contribution in [0.1, 0.15) is 104 Å². The molecule has 0 unspecified atom stereocenters. The molecule has 0 aromatic heterocycles. The third kappa shape index (κ3) is 6.92. The molecule has 2 heterocycles. The van der Waals surface area contributed by atoms with E-state index in [9.17, 15) is 19.6 Å². The molecule has 2 amide bonds. The van der Waals surface area contributed by atoms with Gasteiger partial charge in [-0.2, -0.15) is 0 Å². The first-order valence-electron chi connectivity index (χ1n) is 13.8. The van der Waals surface area contributed by atoms with Gasteiger partial charge in [0, 0.05) is 49.1 Å². The fourth-order valence-electron chi connectivity index (χ4n) is 5.60. The van der Waals surface area contributed by atoms with Gasteiger partial charge in [-0.05, 0) is 56.9 Å². The largest absolute Gasteiger partial charge is 0.444 e. The zero-order valence-corrected chi connectivity index (χ0v) is 25.3. The lowest BCUT2D eigenvalue weighted by molar-refractivity contribution is -0.209. The number of carbonyl (C=O) groups is 3. The Hall–Kier alpha value is -2.65. The highest BCUT2D eigenvalue weighted by atomic mass is 17.1. The van der Waals surface area contributed by atoms with Gasteiger partial charge in [0.15, 0.2) is 11.5 Å². The highest BCUT2D eigenvalue weighted by Gasteiger charge is 2.40. The summed E-state index contributed by atoms with van der Waals surface area (Å²) in [5, 5.41) is 11.8. The summed E-state index contributed by atoms with van der Waals surface area (Å²) in [7, 11) is 0. The van der Waals surface area contributed by atoms with Crippen molar-refractivity contribution >= 4 is 23.5 Å². The maximum Gasteiger partial charge on any atom is 0.410 e. The van der Waals surface area contributed by atoms with Crippen LogP contribution in [-0.4, -0.2) is 72.0 Å². The lowest BCUT2D eigenvalue weighted by Gasteiger charge is -2.44. The first-order valence-corrected chi connectivity index (χ1v) is 13.8. The van der Waals surface area contributed by atoms with Crippen LogP contribution >= 0.6 is 0 Å². The Kier molecular flexibility index (Phi) is 8.78. The molecule has 0 atom stereocenters. The van der Waals surface area contributed by atoms with Gasteiger partial charge in [0.05, 0.1) is 17.8 Å². The molecule has 0 spiro atoms. The summed E-state index contributed by atoms with van der Waals surface area (Å²) in [6.45, 7) is 21.4. The molecule has 216 valence electrons. The molecule has 2 saturated heterocycles. The van der Waals surface area contributed by atoms with Gasteiger partial charge in [0.2, 0.25) is 5.91 Å². The molecule has 9 nitrogen and oxygen atoms in total. The Morgan fingerprint density at radius 2 is 1.44 bits per heavy atom. The lowest BCUT2D eigenvalue weighted by atomic mass is 9.72.